The van der Waals surface area contributed by atoms with Crippen LogP contribution in [0.3, 0.4) is 0 Å². The average Bonchev–Trinajstić information content (AvgIpc) is 3.08. The van der Waals surface area contributed by atoms with Crippen LogP contribution in [0.25, 0.3) is 5.69 Å². The lowest BCUT2D eigenvalue weighted by Crippen LogP contribution is -2.25. The van der Waals surface area contributed by atoms with Crippen LogP contribution in [0.1, 0.15) is 6.42 Å². The predicted octanol–water partition coefficient (Wildman–Crippen LogP) is 1.86. The Morgan fingerprint density at radius 3 is 2.74 bits per heavy atom. The van der Waals surface area contributed by atoms with E-state index in [4.69, 9.17) is 6.42 Å². The molecule has 0 radical (unpaired) electrons. The molecule has 1 aliphatic rings. The molecule has 1 atom stereocenters. The first-order valence-electron chi connectivity index (χ1n) is 6.13. The van der Waals surface area contributed by atoms with Crippen molar-refractivity contribution in [3.05, 3.63) is 43.0 Å². The van der Waals surface area contributed by atoms with E-state index in [1.165, 1.54) is 0 Å². The maximum Gasteiger partial charge on any atom is 0.228 e. The molecule has 0 spiro atoms. The number of para-hydroxylation sites is 2. The van der Waals surface area contributed by atoms with Gasteiger partial charge in [-0.1, -0.05) is 12.1 Å². The molecule has 94 valence electrons. The zero-order valence-electron chi connectivity index (χ0n) is 10.4. The van der Waals surface area contributed by atoms with Crippen LogP contribution in [-0.2, 0) is 4.79 Å². The van der Waals surface area contributed by atoms with Crippen molar-refractivity contribution in [1.29, 1.82) is 0 Å². The van der Waals surface area contributed by atoms with Gasteiger partial charge in [-0.2, -0.15) is 0 Å². The fourth-order valence-electron chi connectivity index (χ4n) is 2.36. The Morgan fingerprint density at radius 1 is 1.32 bits per heavy atom. The Labute approximate surface area is 111 Å². The number of imidazole rings is 1. The van der Waals surface area contributed by atoms with Crippen molar-refractivity contribution in [1.82, 2.24) is 9.55 Å². The van der Waals surface area contributed by atoms with E-state index in [2.05, 4.69) is 10.9 Å². The van der Waals surface area contributed by atoms with Gasteiger partial charge in [-0.3, -0.25) is 4.79 Å². The number of hydrogen-bond donors (Lipinski definition) is 0. The van der Waals surface area contributed by atoms with Crippen LogP contribution < -0.4 is 4.90 Å². The Balaban J connectivity index is 2.03. The third kappa shape index (κ3) is 2.00. The van der Waals surface area contributed by atoms with Crippen molar-refractivity contribution < 1.29 is 4.79 Å². The lowest BCUT2D eigenvalue weighted by atomic mass is 10.1. The van der Waals surface area contributed by atoms with E-state index in [1.54, 1.807) is 17.4 Å². The number of benzene rings is 1. The highest BCUT2D eigenvalue weighted by Gasteiger charge is 2.30. The summed E-state index contributed by atoms with van der Waals surface area (Å²) in [5, 5.41) is 0. The number of anilines is 1. The second-order valence-electron chi connectivity index (χ2n) is 4.53. The van der Waals surface area contributed by atoms with Crippen molar-refractivity contribution in [2.24, 2.45) is 5.92 Å². The van der Waals surface area contributed by atoms with Crippen LogP contribution in [0.4, 0.5) is 5.69 Å². The Kier molecular flexibility index (Phi) is 2.81. The first-order valence-corrected chi connectivity index (χ1v) is 6.13. The van der Waals surface area contributed by atoms with Gasteiger partial charge in [0.2, 0.25) is 5.91 Å². The summed E-state index contributed by atoms with van der Waals surface area (Å²) < 4.78 is 1.89. The summed E-state index contributed by atoms with van der Waals surface area (Å²) in [5.74, 6) is 2.75. The summed E-state index contributed by atoms with van der Waals surface area (Å²) in [5.41, 5.74) is 1.81. The number of amides is 1. The maximum absolute atomic E-state index is 12.1. The lowest BCUT2D eigenvalue weighted by molar-refractivity contribution is -0.117. The summed E-state index contributed by atoms with van der Waals surface area (Å²) in [7, 11) is 0. The first kappa shape index (κ1) is 11.5. The van der Waals surface area contributed by atoms with Crippen molar-refractivity contribution in [3.8, 4) is 18.0 Å². The molecule has 1 aliphatic heterocycles. The zero-order chi connectivity index (χ0) is 13.2. The van der Waals surface area contributed by atoms with Crippen LogP contribution >= 0.6 is 0 Å². The number of hydrogen-bond acceptors (Lipinski definition) is 2. The second-order valence-corrected chi connectivity index (χ2v) is 4.53. The monoisotopic (exact) mass is 251 g/mol. The molecule has 1 aromatic carbocycles. The molecule has 0 bridgehead atoms. The van der Waals surface area contributed by atoms with Crippen molar-refractivity contribution in [2.75, 3.05) is 11.4 Å². The van der Waals surface area contributed by atoms with Gasteiger partial charge in [0.15, 0.2) is 0 Å². The van der Waals surface area contributed by atoms with Gasteiger partial charge in [-0.05, 0) is 12.1 Å². The second kappa shape index (κ2) is 4.62. The number of carbonyl (C=O) groups excluding carboxylic acids is 1. The quantitative estimate of drug-likeness (QED) is 0.764. The highest BCUT2D eigenvalue weighted by Crippen LogP contribution is 2.29. The van der Waals surface area contributed by atoms with Crippen LogP contribution in [0.5, 0.6) is 0 Å². The minimum absolute atomic E-state index is 0.00310. The molecule has 19 heavy (non-hydrogen) atoms. The minimum Gasteiger partial charge on any atom is -0.309 e. The zero-order valence-corrected chi connectivity index (χ0v) is 10.4. The Morgan fingerprint density at radius 2 is 2.11 bits per heavy atom. The molecular weight excluding hydrogens is 238 g/mol. The summed E-state index contributed by atoms with van der Waals surface area (Å²) in [6.45, 7) is 0.584. The number of carbonyl (C=O) groups is 1. The van der Waals surface area contributed by atoms with Gasteiger partial charge in [0.05, 0.1) is 17.7 Å². The molecule has 2 heterocycles. The highest BCUT2D eigenvalue weighted by molar-refractivity contribution is 5.98. The van der Waals surface area contributed by atoms with Crippen LogP contribution in [0, 0.1) is 18.3 Å². The molecular formula is C15H13N3O. The number of rotatable bonds is 2. The molecule has 1 aromatic heterocycles. The van der Waals surface area contributed by atoms with Crippen LogP contribution in [-0.4, -0.2) is 22.0 Å². The van der Waals surface area contributed by atoms with E-state index in [0.717, 1.165) is 11.4 Å². The van der Waals surface area contributed by atoms with Crippen molar-refractivity contribution in [3.63, 3.8) is 0 Å². The average molecular weight is 251 g/mol. The predicted molar refractivity (Wildman–Crippen MR) is 72.9 cm³/mol. The van der Waals surface area contributed by atoms with Crippen molar-refractivity contribution in [2.45, 2.75) is 6.42 Å². The maximum atomic E-state index is 12.1. The molecule has 4 heteroatoms. The van der Waals surface area contributed by atoms with E-state index in [0.29, 0.717) is 13.0 Å². The molecule has 1 amide bonds. The Bertz CT molecular complexity index is 640. The fraction of sp³-hybridized carbons (Fsp3) is 0.200. The molecule has 0 saturated carbocycles. The smallest absolute Gasteiger partial charge is 0.228 e. The topological polar surface area (TPSA) is 38.1 Å². The molecule has 4 nitrogen and oxygen atoms in total. The van der Waals surface area contributed by atoms with Gasteiger partial charge < -0.3 is 9.47 Å². The summed E-state index contributed by atoms with van der Waals surface area (Å²) in [6.07, 6.45) is 11.1. The summed E-state index contributed by atoms with van der Waals surface area (Å²) >= 11 is 0. The number of aromatic nitrogens is 2. The Hall–Kier alpha value is -2.54. The molecule has 1 unspecified atom stereocenters. The van der Waals surface area contributed by atoms with E-state index >= 15 is 0 Å². The summed E-state index contributed by atoms with van der Waals surface area (Å²) in [4.78, 5) is 17.9. The van der Waals surface area contributed by atoms with E-state index in [1.807, 2.05) is 35.0 Å². The van der Waals surface area contributed by atoms with E-state index in [-0.39, 0.29) is 11.8 Å². The van der Waals surface area contributed by atoms with E-state index in [9.17, 15) is 4.79 Å². The van der Waals surface area contributed by atoms with Gasteiger partial charge in [0.25, 0.3) is 0 Å². The van der Waals surface area contributed by atoms with Gasteiger partial charge in [0.1, 0.15) is 0 Å². The molecule has 1 fully saturated rings. The lowest BCUT2D eigenvalue weighted by Gasteiger charge is -2.20. The molecule has 0 N–H and O–H groups in total. The van der Waals surface area contributed by atoms with Gasteiger partial charge in [0, 0.05) is 31.3 Å². The minimum atomic E-state index is 0.00310. The molecule has 0 aliphatic carbocycles. The van der Waals surface area contributed by atoms with Gasteiger partial charge in [-0.15, -0.1) is 12.3 Å². The van der Waals surface area contributed by atoms with Gasteiger partial charge in [-0.25, -0.2) is 4.98 Å². The summed E-state index contributed by atoms with van der Waals surface area (Å²) in [6, 6.07) is 7.77. The standard InChI is InChI=1S/C15H13N3O/c1-2-12-9-15(19)18(10-12)14-6-4-3-5-13(14)17-8-7-16-11-17/h1,3-8,11-12H,9-10H2. The largest absolute Gasteiger partial charge is 0.309 e. The van der Waals surface area contributed by atoms with Crippen LogP contribution in [0.2, 0.25) is 0 Å². The SMILES string of the molecule is C#CC1CC(=O)N(c2ccccc2-n2ccnc2)C1. The number of terminal acetylenes is 1. The third-order valence-corrected chi connectivity index (χ3v) is 3.32. The highest BCUT2D eigenvalue weighted by atomic mass is 16.2. The van der Waals surface area contributed by atoms with E-state index < -0.39 is 0 Å². The molecule has 2 aromatic rings. The number of nitrogens with zero attached hydrogens (tertiary/aromatic N) is 3. The normalized spacial score (nSPS) is 18.6. The fourth-order valence-corrected chi connectivity index (χ4v) is 2.36. The molecule has 3 rings (SSSR count). The molecule has 1 saturated heterocycles. The third-order valence-electron chi connectivity index (χ3n) is 3.32. The van der Waals surface area contributed by atoms with Crippen LogP contribution in [0.15, 0.2) is 43.0 Å². The van der Waals surface area contributed by atoms with Crippen molar-refractivity contribution >= 4 is 11.6 Å². The van der Waals surface area contributed by atoms with Gasteiger partial charge >= 0.3 is 0 Å². The first-order chi connectivity index (χ1) is 9.29.